The van der Waals surface area contributed by atoms with Crippen molar-refractivity contribution in [1.82, 2.24) is 4.57 Å². The van der Waals surface area contributed by atoms with E-state index >= 15 is 0 Å². The first-order chi connectivity index (χ1) is 21.3. The highest BCUT2D eigenvalue weighted by atomic mass is 32.1. The number of rotatable bonds is 7. The van der Waals surface area contributed by atoms with Crippen LogP contribution in [0.5, 0.6) is 0 Å². The molecule has 1 aliphatic carbocycles. The summed E-state index contributed by atoms with van der Waals surface area (Å²) in [6.45, 7) is 0. The van der Waals surface area contributed by atoms with Crippen molar-refractivity contribution in [1.29, 1.82) is 0 Å². The maximum atomic E-state index is 13.7. The van der Waals surface area contributed by atoms with Gasteiger partial charge in [0, 0.05) is 28.0 Å². The second kappa shape index (κ2) is 12.1. The number of aryl methyl sites for hydroxylation is 1. The van der Waals surface area contributed by atoms with Gasteiger partial charge in [-0.3, -0.25) is 4.79 Å². The molecule has 2 heterocycles. The van der Waals surface area contributed by atoms with Crippen LogP contribution in [-0.2, 0) is 12.8 Å². The minimum Gasteiger partial charge on any atom is -0.322 e. The molecular formula is C38H31N3OS. The fourth-order valence-corrected chi connectivity index (χ4v) is 7.14. The lowest BCUT2D eigenvalue weighted by atomic mass is 9.95. The Labute approximate surface area is 256 Å². The van der Waals surface area contributed by atoms with E-state index in [1.165, 1.54) is 4.88 Å². The maximum Gasteiger partial charge on any atom is 0.259 e. The highest BCUT2D eigenvalue weighted by molar-refractivity contribution is 7.16. The van der Waals surface area contributed by atoms with Crippen molar-refractivity contribution in [2.75, 3.05) is 5.32 Å². The molecule has 0 saturated heterocycles. The number of hydrogen-bond donors (Lipinski definition) is 1. The summed E-state index contributed by atoms with van der Waals surface area (Å²) in [6.07, 6.45) is 6.10. The minimum atomic E-state index is -0.0899. The van der Waals surface area contributed by atoms with Gasteiger partial charge >= 0.3 is 0 Å². The third-order valence-electron chi connectivity index (χ3n) is 7.89. The largest absolute Gasteiger partial charge is 0.322 e. The average molecular weight is 578 g/mol. The van der Waals surface area contributed by atoms with E-state index < -0.39 is 0 Å². The Morgan fingerprint density at radius 3 is 2.05 bits per heavy atom. The predicted molar refractivity (Wildman–Crippen MR) is 179 cm³/mol. The summed E-state index contributed by atoms with van der Waals surface area (Å²) >= 11 is 1.66. The second-order valence-electron chi connectivity index (χ2n) is 10.7. The molecule has 0 fully saturated rings. The second-order valence-corrected chi connectivity index (χ2v) is 11.8. The van der Waals surface area contributed by atoms with Crippen LogP contribution in [0.1, 0.15) is 39.2 Å². The summed E-state index contributed by atoms with van der Waals surface area (Å²) in [5.41, 5.74) is 9.10. The first-order valence-corrected chi connectivity index (χ1v) is 15.5. The highest BCUT2D eigenvalue weighted by Crippen LogP contribution is 2.41. The van der Waals surface area contributed by atoms with Gasteiger partial charge in [0.05, 0.1) is 17.0 Å². The number of hydrogen-bond acceptors (Lipinski definition) is 3. The number of fused-ring (bicyclic) bond motifs is 1. The summed E-state index contributed by atoms with van der Waals surface area (Å²) in [5, 5.41) is 3.89. The Balaban J connectivity index is 1.39. The Morgan fingerprint density at radius 2 is 1.35 bits per heavy atom. The lowest BCUT2D eigenvalue weighted by Crippen LogP contribution is -2.14. The fourth-order valence-electron chi connectivity index (χ4n) is 5.91. The summed E-state index contributed by atoms with van der Waals surface area (Å²) in [4.78, 5) is 20.1. The Kier molecular flexibility index (Phi) is 7.55. The van der Waals surface area contributed by atoms with E-state index in [2.05, 4.69) is 88.7 Å². The van der Waals surface area contributed by atoms with Crippen LogP contribution in [0.3, 0.4) is 0 Å². The number of thiophene rings is 1. The number of benzene rings is 4. The number of carbonyl (C=O) groups excluding carboxylic acids is 1. The molecule has 43 heavy (non-hydrogen) atoms. The topological polar surface area (TPSA) is 46.4 Å². The number of para-hydroxylation sites is 2. The molecule has 2 aromatic heterocycles. The lowest BCUT2D eigenvalue weighted by Gasteiger charge is -2.15. The van der Waals surface area contributed by atoms with Gasteiger partial charge in [0.25, 0.3) is 5.91 Å². The molecule has 7 rings (SSSR count). The number of aromatic nitrogens is 1. The Hall–Kier alpha value is -5.00. The van der Waals surface area contributed by atoms with E-state index in [4.69, 9.17) is 4.99 Å². The molecule has 1 amide bonds. The van der Waals surface area contributed by atoms with Crippen molar-refractivity contribution in [3.8, 4) is 28.2 Å². The Morgan fingerprint density at radius 1 is 0.744 bits per heavy atom. The molecule has 4 nitrogen and oxygen atoms in total. The van der Waals surface area contributed by atoms with Crippen LogP contribution in [0.25, 0.3) is 28.2 Å². The zero-order valence-electron chi connectivity index (χ0n) is 23.7. The number of carbonyl (C=O) groups is 1. The summed E-state index contributed by atoms with van der Waals surface area (Å²) < 4.78 is 2.31. The quantitative estimate of drug-likeness (QED) is 0.189. The van der Waals surface area contributed by atoms with Gasteiger partial charge in [-0.15, -0.1) is 11.3 Å². The highest BCUT2D eigenvalue weighted by Gasteiger charge is 2.26. The van der Waals surface area contributed by atoms with Crippen LogP contribution in [0.2, 0.25) is 0 Å². The maximum absolute atomic E-state index is 13.7. The summed E-state index contributed by atoms with van der Waals surface area (Å²) in [7, 11) is 0. The zero-order chi connectivity index (χ0) is 29.0. The third kappa shape index (κ3) is 5.47. The van der Waals surface area contributed by atoms with Gasteiger partial charge in [-0.2, -0.15) is 0 Å². The van der Waals surface area contributed by atoms with E-state index in [0.717, 1.165) is 75.7 Å². The molecule has 0 atom stereocenters. The van der Waals surface area contributed by atoms with Gasteiger partial charge in [0.2, 0.25) is 0 Å². The predicted octanol–water partition coefficient (Wildman–Crippen LogP) is 9.75. The molecular weight excluding hydrogens is 547 g/mol. The molecule has 5 heteroatoms. The molecule has 0 aliphatic heterocycles. The molecule has 0 unspecified atom stereocenters. The Bertz CT molecular complexity index is 1890. The van der Waals surface area contributed by atoms with Crippen LogP contribution < -0.4 is 5.32 Å². The van der Waals surface area contributed by atoms with Gasteiger partial charge in [-0.25, -0.2) is 4.99 Å². The molecule has 0 saturated carbocycles. The van der Waals surface area contributed by atoms with Crippen molar-refractivity contribution in [3.05, 3.63) is 149 Å². The van der Waals surface area contributed by atoms with Gasteiger partial charge < -0.3 is 9.88 Å². The van der Waals surface area contributed by atoms with Gasteiger partial charge in [0.1, 0.15) is 5.00 Å². The van der Waals surface area contributed by atoms with Crippen molar-refractivity contribution < 1.29 is 4.79 Å². The monoisotopic (exact) mass is 577 g/mol. The fraction of sp³-hybridized carbons (Fsp3) is 0.105. The molecule has 4 aromatic carbocycles. The summed E-state index contributed by atoms with van der Waals surface area (Å²) in [5.74, 6) is -0.0899. The zero-order valence-corrected chi connectivity index (χ0v) is 24.6. The van der Waals surface area contributed by atoms with Crippen LogP contribution in [-0.4, -0.2) is 16.7 Å². The number of nitrogens with one attached hydrogen (secondary N) is 1. The minimum absolute atomic E-state index is 0.0899. The third-order valence-corrected chi connectivity index (χ3v) is 9.09. The van der Waals surface area contributed by atoms with E-state index in [1.54, 1.807) is 11.3 Å². The molecule has 0 spiro atoms. The van der Waals surface area contributed by atoms with E-state index in [1.807, 2.05) is 54.7 Å². The SMILES string of the molecule is O=C(Nc1ccccc1)c1c(N=Cc2cc(-c3ccccc3)n(-c3ccccc3)c2-c2ccccc2)sc2c1CCCC2. The van der Waals surface area contributed by atoms with Gasteiger partial charge in [-0.1, -0.05) is 97.1 Å². The van der Waals surface area contributed by atoms with Crippen molar-refractivity contribution in [2.24, 2.45) is 4.99 Å². The van der Waals surface area contributed by atoms with E-state index in [0.29, 0.717) is 5.56 Å². The average Bonchev–Trinajstić information content (AvgIpc) is 3.64. The normalized spacial score (nSPS) is 12.7. The van der Waals surface area contributed by atoms with Crippen LogP contribution in [0.4, 0.5) is 10.7 Å². The van der Waals surface area contributed by atoms with E-state index in [9.17, 15) is 4.79 Å². The molecule has 0 bridgehead atoms. The van der Waals surface area contributed by atoms with Crippen molar-refractivity contribution in [2.45, 2.75) is 25.7 Å². The first kappa shape index (κ1) is 26.9. The molecule has 210 valence electrons. The molecule has 0 radical (unpaired) electrons. The molecule has 6 aromatic rings. The number of nitrogens with zero attached hydrogens (tertiary/aromatic N) is 2. The number of anilines is 1. The molecule has 1 N–H and O–H groups in total. The van der Waals surface area contributed by atoms with Gasteiger partial charge in [-0.05, 0) is 72.7 Å². The standard InChI is InChI=1S/C38H31N3OS/c42-37(40-30-19-9-3-10-20-30)35-32-23-13-14-24-34(32)43-38(35)39-26-29-25-33(27-15-5-1-6-16-27)41(31-21-11-4-12-22-31)36(29)28-17-7-2-8-18-28/h1-12,15-22,25-26H,13-14,23-24H2,(H,40,42). The molecule has 1 aliphatic rings. The van der Waals surface area contributed by atoms with Gasteiger partial charge in [0.15, 0.2) is 0 Å². The number of amides is 1. The van der Waals surface area contributed by atoms with E-state index in [-0.39, 0.29) is 5.91 Å². The summed E-state index contributed by atoms with van der Waals surface area (Å²) in [6, 6.07) is 43.3. The van der Waals surface area contributed by atoms with Crippen LogP contribution in [0, 0.1) is 0 Å². The van der Waals surface area contributed by atoms with Crippen molar-refractivity contribution in [3.63, 3.8) is 0 Å². The van der Waals surface area contributed by atoms with Crippen LogP contribution in [0.15, 0.2) is 132 Å². The van der Waals surface area contributed by atoms with Crippen LogP contribution >= 0.6 is 11.3 Å². The lowest BCUT2D eigenvalue weighted by molar-refractivity contribution is 0.102. The first-order valence-electron chi connectivity index (χ1n) is 14.7. The smallest absolute Gasteiger partial charge is 0.259 e. The number of aliphatic imine (C=N–C) groups is 1. The van der Waals surface area contributed by atoms with Crippen molar-refractivity contribution >= 4 is 34.1 Å².